The van der Waals surface area contributed by atoms with E-state index in [1.54, 1.807) is 30.3 Å². The van der Waals surface area contributed by atoms with Gasteiger partial charge in [-0.05, 0) is 43.3 Å². The molecular weight excluding hydrogens is 397 g/mol. The molecule has 2 rings (SSSR count). The Balaban J connectivity index is 2.25. The molecule has 9 heteroatoms. The summed E-state index contributed by atoms with van der Waals surface area (Å²) >= 11 is 0. The minimum absolute atomic E-state index is 0.104. The predicted molar refractivity (Wildman–Crippen MR) is 108 cm³/mol. The van der Waals surface area contributed by atoms with Crippen molar-refractivity contribution >= 4 is 27.5 Å². The Labute approximate surface area is 169 Å². The van der Waals surface area contributed by atoms with Crippen LogP contribution in [0.25, 0.3) is 0 Å². The average molecular weight is 421 g/mol. The van der Waals surface area contributed by atoms with Gasteiger partial charge in [0, 0.05) is 11.3 Å². The molecule has 0 aromatic heterocycles. The molecule has 3 N–H and O–H groups in total. The SMILES string of the molecule is CC[C@@H](C)[C@@H](NC(=O)c1ccccc1)C(=O)Nc1ccc(F)c(S(=O)(=O)NC)c1. The molecular formula is C20H24FN3O4S. The van der Waals surface area contributed by atoms with E-state index in [0.717, 1.165) is 19.2 Å². The van der Waals surface area contributed by atoms with Gasteiger partial charge in [-0.3, -0.25) is 9.59 Å². The van der Waals surface area contributed by atoms with E-state index in [4.69, 9.17) is 0 Å². The van der Waals surface area contributed by atoms with Crippen LogP contribution in [0.5, 0.6) is 0 Å². The van der Waals surface area contributed by atoms with Crippen molar-refractivity contribution in [3.8, 4) is 0 Å². The Morgan fingerprint density at radius 2 is 1.76 bits per heavy atom. The molecule has 0 fully saturated rings. The summed E-state index contributed by atoms with van der Waals surface area (Å²) in [5.74, 6) is -2.05. The number of hydrogen-bond acceptors (Lipinski definition) is 4. The molecule has 0 aliphatic rings. The zero-order valence-electron chi connectivity index (χ0n) is 16.4. The normalized spacial score (nSPS) is 13.4. The molecule has 2 amide bonds. The second kappa shape index (κ2) is 9.62. The van der Waals surface area contributed by atoms with Crippen molar-refractivity contribution in [2.24, 2.45) is 5.92 Å². The summed E-state index contributed by atoms with van der Waals surface area (Å²) in [5.41, 5.74) is 0.519. The summed E-state index contributed by atoms with van der Waals surface area (Å²) in [6.45, 7) is 3.70. The number of anilines is 1. The molecule has 0 heterocycles. The van der Waals surface area contributed by atoms with Crippen LogP contribution in [0.3, 0.4) is 0 Å². The first-order chi connectivity index (χ1) is 13.7. The molecule has 0 saturated heterocycles. The number of benzene rings is 2. The van der Waals surface area contributed by atoms with Crippen molar-refractivity contribution < 1.29 is 22.4 Å². The van der Waals surface area contributed by atoms with Crippen LogP contribution >= 0.6 is 0 Å². The van der Waals surface area contributed by atoms with E-state index < -0.39 is 38.6 Å². The topological polar surface area (TPSA) is 104 Å². The highest BCUT2D eigenvalue weighted by atomic mass is 32.2. The Morgan fingerprint density at radius 3 is 2.34 bits per heavy atom. The van der Waals surface area contributed by atoms with E-state index in [9.17, 15) is 22.4 Å². The van der Waals surface area contributed by atoms with E-state index >= 15 is 0 Å². The van der Waals surface area contributed by atoms with E-state index in [-0.39, 0.29) is 11.6 Å². The van der Waals surface area contributed by atoms with Crippen LogP contribution in [0.2, 0.25) is 0 Å². The molecule has 7 nitrogen and oxygen atoms in total. The van der Waals surface area contributed by atoms with Crippen LogP contribution < -0.4 is 15.4 Å². The average Bonchev–Trinajstić information content (AvgIpc) is 2.73. The minimum Gasteiger partial charge on any atom is -0.340 e. The van der Waals surface area contributed by atoms with E-state index in [1.807, 2.05) is 18.6 Å². The monoisotopic (exact) mass is 421 g/mol. The molecule has 0 spiro atoms. The van der Waals surface area contributed by atoms with Crippen LogP contribution in [0.4, 0.5) is 10.1 Å². The molecule has 156 valence electrons. The van der Waals surface area contributed by atoms with Gasteiger partial charge in [0.15, 0.2) is 0 Å². The summed E-state index contributed by atoms with van der Waals surface area (Å²) in [4.78, 5) is 24.7. The summed E-state index contributed by atoms with van der Waals surface area (Å²) in [6.07, 6.45) is 0.621. The summed E-state index contributed by atoms with van der Waals surface area (Å²) in [5, 5.41) is 5.28. The first kappa shape index (κ1) is 22.5. The molecule has 0 saturated carbocycles. The van der Waals surface area contributed by atoms with Crippen LogP contribution in [-0.4, -0.2) is 33.3 Å². The van der Waals surface area contributed by atoms with Crippen LogP contribution in [-0.2, 0) is 14.8 Å². The number of hydrogen-bond donors (Lipinski definition) is 3. The zero-order valence-corrected chi connectivity index (χ0v) is 17.2. The first-order valence-electron chi connectivity index (χ1n) is 9.09. The van der Waals surface area contributed by atoms with Gasteiger partial charge in [0.2, 0.25) is 15.9 Å². The maximum atomic E-state index is 13.9. The quantitative estimate of drug-likeness (QED) is 0.609. The third-order valence-electron chi connectivity index (χ3n) is 4.58. The smallest absolute Gasteiger partial charge is 0.251 e. The maximum absolute atomic E-state index is 13.9. The molecule has 0 aliphatic heterocycles. The summed E-state index contributed by atoms with van der Waals surface area (Å²) in [7, 11) is -2.86. The zero-order chi connectivity index (χ0) is 21.6. The fourth-order valence-corrected chi connectivity index (χ4v) is 3.46. The first-order valence-corrected chi connectivity index (χ1v) is 10.6. The van der Waals surface area contributed by atoms with Gasteiger partial charge in [-0.2, -0.15) is 0 Å². The molecule has 2 aromatic rings. The summed E-state index contributed by atoms with van der Waals surface area (Å²) in [6, 6.07) is 10.9. The molecule has 0 aliphatic carbocycles. The lowest BCUT2D eigenvalue weighted by molar-refractivity contribution is -0.119. The van der Waals surface area contributed by atoms with Crippen molar-refractivity contribution in [1.29, 1.82) is 0 Å². The lowest BCUT2D eigenvalue weighted by Gasteiger charge is -2.23. The highest BCUT2D eigenvalue weighted by Gasteiger charge is 2.27. The Morgan fingerprint density at radius 1 is 1.10 bits per heavy atom. The lowest BCUT2D eigenvalue weighted by atomic mass is 9.97. The molecule has 0 radical (unpaired) electrons. The maximum Gasteiger partial charge on any atom is 0.251 e. The minimum atomic E-state index is -4.03. The van der Waals surface area contributed by atoms with Crippen molar-refractivity contribution in [1.82, 2.24) is 10.0 Å². The van der Waals surface area contributed by atoms with Gasteiger partial charge in [0.25, 0.3) is 5.91 Å². The number of carbonyl (C=O) groups excluding carboxylic acids is 2. The van der Waals surface area contributed by atoms with E-state index in [0.29, 0.717) is 12.0 Å². The highest BCUT2D eigenvalue weighted by Crippen LogP contribution is 2.20. The standard InChI is InChI=1S/C20H24FN3O4S/c1-4-13(2)18(24-19(25)14-8-6-5-7-9-14)20(26)23-15-10-11-16(21)17(12-15)29(27,28)22-3/h5-13,18,22H,4H2,1-3H3,(H,23,26)(H,24,25)/t13-,18-/m1/s1. The van der Waals surface area contributed by atoms with Gasteiger partial charge in [-0.25, -0.2) is 17.5 Å². The van der Waals surface area contributed by atoms with Gasteiger partial charge < -0.3 is 10.6 Å². The number of nitrogens with one attached hydrogen (secondary N) is 3. The number of amides is 2. The molecule has 29 heavy (non-hydrogen) atoms. The van der Waals surface area contributed by atoms with Crippen LogP contribution in [0.1, 0.15) is 30.6 Å². The van der Waals surface area contributed by atoms with Gasteiger partial charge in [0.05, 0.1) is 0 Å². The fraction of sp³-hybridized carbons (Fsp3) is 0.300. The van der Waals surface area contributed by atoms with Crippen molar-refractivity contribution in [2.45, 2.75) is 31.2 Å². The third kappa shape index (κ3) is 5.61. The number of carbonyl (C=O) groups is 2. The molecule has 2 atom stereocenters. The van der Waals surface area contributed by atoms with E-state index in [2.05, 4.69) is 10.6 Å². The fourth-order valence-electron chi connectivity index (χ4n) is 2.63. The summed E-state index contributed by atoms with van der Waals surface area (Å²) < 4.78 is 39.8. The van der Waals surface area contributed by atoms with Crippen molar-refractivity contribution in [3.63, 3.8) is 0 Å². The second-order valence-corrected chi connectivity index (χ2v) is 8.40. The lowest BCUT2D eigenvalue weighted by Crippen LogP contribution is -2.47. The van der Waals surface area contributed by atoms with Gasteiger partial charge in [0.1, 0.15) is 16.8 Å². The number of sulfonamides is 1. The van der Waals surface area contributed by atoms with Gasteiger partial charge in [-0.15, -0.1) is 0 Å². The van der Waals surface area contributed by atoms with Gasteiger partial charge >= 0.3 is 0 Å². The third-order valence-corrected chi connectivity index (χ3v) is 6.00. The van der Waals surface area contributed by atoms with Crippen LogP contribution in [0.15, 0.2) is 53.4 Å². The highest BCUT2D eigenvalue weighted by molar-refractivity contribution is 7.89. The molecule has 2 aromatic carbocycles. The largest absolute Gasteiger partial charge is 0.340 e. The molecule has 0 bridgehead atoms. The van der Waals surface area contributed by atoms with Crippen LogP contribution in [0, 0.1) is 11.7 Å². The predicted octanol–water partition coefficient (Wildman–Crippen LogP) is 2.52. The number of halogens is 1. The Hall–Kier alpha value is -2.78. The second-order valence-electron chi connectivity index (χ2n) is 6.54. The number of rotatable bonds is 8. The van der Waals surface area contributed by atoms with Crippen molar-refractivity contribution in [3.05, 3.63) is 59.9 Å². The van der Waals surface area contributed by atoms with Crippen molar-refractivity contribution in [2.75, 3.05) is 12.4 Å². The van der Waals surface area contributed by atoms with E-state index in [1.165, 1.54) is 6.07 Å². The Bertz CT molecular complexity index is 980. The van der Waals surface area contributed by atoms with Gasteiger partial charge in [-0.1, -0.05) is 38.5 Å². The Kier molecular flexibility index (Phi) is 7.46. The molecule has 0 unspecified atom stereocenters.